The predicted molar refractivity (Wildman–Crippen MR) is 85.7 cm³/mol. The maximum absolute atomic E-state index is 13.1. The minimum Gasteiger partial charge on any atom is -0.486 e. The summed E-state index contributed by atoms with van der Waals surface area (Å²) in [6.45, 7) is -0.393. The summed E-state index contributed by atoms with van der Waals surface area (Å²) in [5, 5.41) is 11.3. The molecule has 0 saturated carbocycles. The number of aromatic nitrogens is 4. The second-order valence-electron chi connectivity index (χ2n) is 5.28. The van der Waals surface area contributed by atoms with Gasteiger partial charge in [0.25, 0.3) is 12.1 Å². The summed E-state index contributed by atoms with van der Waals surface area (Å²) < 4.78 is 45.9. The molecule has 0 bridgehead atoms. The number of aromatic carboxylic acids is 1. The SMILES string of the molecule is O=C(O)c1nc[n+](-c2ccc(OCc3c(Cl)cccc3C(F)(F)F)cn2)[nH]1. The lowest BCUT2D eigenvalue weighted by atomic mass is 10.1. The Kier molecular flexibility index (Phi) is 5.00. The van der Waals surface area contributed by atoms with Gasteiger partial charge in [-0.15, -0.1) is 9.67 Å². The standard InChI is InChI=1S/C16H10ClF3N4O3/c17-12-3-1-2-11(16(18,19)20)10(12)7-27-9-4-5-13(21-6-9)24-8-22-14(23-24)15(25)26/h1-6,8H,7H2,(H,25,26)/p+1. The Morgan fingerprint density at radius 2 is 2.04 bits per heavy atom. The maximum Gasteiger partial charge on any atom is 0.416 e. The molecular weight excluding hydrogens is 389 g/mol. The molecule has 0 atom stereocenters. The lowest BCUT2D eigenvalue weighted by Crippen LogP contribution is -2.33. The van der Waals surface area contributed by atoms with Crippen molar-refractivity contribution in [3.05, 3.63) is 64.8 Å². The monoisotopic (exact) mass is 399 g/mol. The van der Waals surface area contributed by atoms with Gasteiger partial charge in [0.1, 0.15) is 12.8 Å². The van der Waals surface area contributed by atoms with Crippen LogP contribution in [0, 0.1) is 0 Å². The fourth-order valence-electron chi connectivity index (χ4n) is 2.23. The van der Waals surface area contributed by atoms with Crippen LogP contribution in [0.25, 0.3) is 5.82 Å². The Bertz CT molecular complexity index is 974. The number of alkyl halides is 3. The molecule has 0 aliphatic heterocycles. The van der Waals surface area contributed by atoms with Crippen LogP contribution >= 0.6 is 11.6 Å². The van der Waals surface area contributed by atoms with E-state index in [-0.39, 0.29) is 22.2 Å². The summed E-state index contributed by atoms with van der Waals surface area (Å²) in [7, 11) is 0. The van der Waals surface area contributed by atoms with Crippen molar-refractivity contribution in [3.8, 4) is 11.6 Å². The van der Waals surface area contributed by atoms with E-state index in [1.807, 2.05) is 0 Å². The molecule has 0 fully saturated rings. The summed E-state index contributed by atoms with van der Waals surface area (Å²) in [5.41, 5.74) is -1.04. The van der Waals surface area contributed by atoms with E-state index in [1.54, 1.807) is 0 Å². The van der Waals surface area contributed by atoms with E-state index in [2.05, 4.69) is 15.1 Å². The minimum atomic E-state index is -4.55. The van der Waals surface area contributed by atoms with Crippen molar-refractivity contribution in [1.29, 1.82) is 0 Å². The van der Waals surface area contributed by atoms with Crippen molar-refractivity contribution < 1.29 is 32.5 Å². The first-order chi connectivity index (χ1) is 12.8. The molecule has 2 N–H and O–H groups in total. The zero-order chi connectivity index (χ0) is 19.6. The van der Waals surface area contributed by atoms with Gasteiger partial charge in [0.2, 0.25) is 0 Å². The Morgan fingerprint density at radius 1 is 1.26 bits per heavy atom. The maximum atomic E-state index is 13.1. The predicted octanol–water partition coefficient (Wildman–Crippen LogP) is 3.03. The summed E-state index contributed by atoms with van der Waals surface area (Å²) >= 11 is 5.88. The van der Waals surface area contributed by atoms with Crippen LogP contribution in [-0.2, 0) is 12.8 Å². The van der Waals surface area contributed by atoms with E-state index in [4.69, 9.17) is 21.4 Å². The molecule has 3 rings (SSSR count). The van der Waals surface area contributed by atoms with Gasteiger partial charge in [-0.25, -0.2) is 9.89 Å². The van der Waals surface area contributed by atoms with Crippen molar-refractivity contribution in [1.82, 2.24) is 15.1 Å². The number of benzene rings is 1. The number of pyridine rings is 1. The zero-order valence-corrected chi connectivity index (χ0v) is 14.1. The van der Waals surface area contributed by atoms with E-state index in [1.165, 1.54) is 41.5 Å². The number of halogens is 4. The van der Waals surface area contributed by atoms with Gasteiger partial charge in [0.05, 0.1) is 5.56 Å². The van der Waals surface area contributed by atoms with Crippen LogP contribution in [0.1, 0.15) is 21.7 Å². The van der Waals surface area contributed by atoms with Crippen LogP contribution in [0.15, 0.2) is 42.9 Å². The van der Waals surface area contributed by atoms with E-state index < -0.39 is 24.3 Å². The Balaban J connectivity index is 1.75. The van der Waals surface area contributed by atoms with Gasteiger partial charge < -0.3 is 9.84 Å². The molecule has 0 spiro atoms. The fraction of sp³-hybridized carbons (Fsp3) is 0.125. The molecule has 0 unspecified atom stereocenters. The van der Waals surface area contributed by atoms with Gasteiger partial charge in [-0.05, 0) is 18.2 Å². The van der Waals surface area contributed by atoms with Crippen LogP contribution in [-0.4, -0.2) is 26.1 Å². The lowest BCUT2D eigenvalue weighted by molar-refractivity contribution is -0.660. The number of rotatable bonds is 5. The molecule has 27 heavy (non-hydrogen) atoms. The number of carbonyl (C=O) groups is 1. The molecule has 1 aromatic carbocycles. The first-order valence-corrected chi connectivity index (χ1v) is 7.77. The summed E-state index contributed by atoms with van der Waals surface area (Å²) in [6, 6.07) is 6.46. The molecule has 140 valence electrons. The largest absolute Gasteiger partial charge is 0.486 e. The van der Waals surface area contributed by atoms with Gasteiger partial charge in [0, 0.05) is 16.7 Å². The van der Waals surface area contributed by atoms with Crippen molar-refractivity contribution >= 4 is 17.6 Å². The van der Waals surface area contributed by atoms with E-state index in [0.29, 0.717) is 5.82 Å². The average Bonchev–Trinajstić information content (AvgIpc) is 3.10. The highest BCUT2D eigenvalue weighted by molar-refractivity contribution is 6.31. The first-order valence-electron chi connectivity index (χ1n) is 7.39. The fourth-order valence-corrected chi connectivity index (χ4v) is 2.46. The van der Waals surface area contributed by atoms with Crippen molar-refractivity contribution in [2.45, 2.75) is 12.8 Å². The normalized spacial score (nSPS) is 11.4. The molecule has 0 aliphatic carbocycles. The van der Waals surface area contributed by atoms with Gasteiger partial charge in [-0.2, -0.15) is 13.2 Å². The molecule has 2 heterocycles. The zero-order valence-electron chi connectivity index (χ0n) is 13.4. The van der Waals surface area contributed by atoms with Crippen LogP contribution in [0.5, 0.6) is 5.75 Å². The molecular formula is C16H11ClF3N4O3+. The molecule has 3 aromatic rings. The smallest absolute Gasteiger partial charge is 0.416 e. The molecule has 0 saturated heterocycles. The number of carboxylic acid groups (broad SMARTS) is 1. The van der Waals surface area contributed by atoms with E-state index >= 15 is 0 Å². The second kappa shape index (κ2) is 7.23. The van der Waals surface area contributed by atoms with Gasteiger partial charge in [0.15, 0.2) is 5.75 Å². The van der Waals surface area contributed by atoms with Crippen molar-refractivity contribution in [2.24, 2.45) is 0 Å². The Labute approximate surface area is 155 Å². The number of H-pyrrole nitrogens is 1. The van der Waals surface area contributed by atoms with Crippen molar-refractivity contribution in [3.63, 3.8) is 0 Å². The van der Waals surface area contributed by atoms with Crippen LogP contribution in [0.4, 0.5) is 13.2 Å². The molecule has 2 aromatic heterocycles. The van der Waals surface area contributed by atoms with E-state index in [0.717, 1.165) is 6.07 Å². The average molecular weight is 400 g/mol. The topological polar surface area (TPSA) is 92.0 Å². The number of hydrogen-bond donors (Lipinski definition) is 2. The number of aromatic amines is 1. The third-order valence-corrected chi connectivity index (χ3v) is 3.86. The molecule has 0 radical (unpaired) electrons. The summed E-state index contributed by atoms with van der Waals surface area (Å²) in [5.74, 6) is -0.967. The number of hydrogen-bond acceptors (Lipinski definition) is 4. The Hall–Kier alpha value is -3.14. The molecule has 0 aliphatic rings. The number of carboxylic acids is 1. The third-order valence-electron chi connectivity index (χ3n) is 3.51. The quantitative estimate of drug-likeness (QED) is 0.643. The van der Waals surface area contributed by atoms with Crippen LogP contribution in [0.2, 0.25) is 5.02 Å². The number of nitrogens with zero attached hydrogens (tertiary/aromatic N) is 3. The van der Waals surface area contributed by atoms with Gasteiger partial charge >= 0.3 is 18.0 Å². The van der Waals surface area contributed by atoms with Gasteiger partial charge in [-0.1, -0.05) is 22.7 Å². The molecule has 7 nitrogen and oxygen atoms in total. The number of nitrogens with one attached hydrogen (secondary N) is 1. The highest BCUT2D eigenvalue weighted by Gasteiger charge is 2.34. The molecule has 0 amide bonds. The van der Waals surface area contributed by atoms with Crippen LogP contribution < -0.4 is 9.42 Å². The Morgan fingerprint density at radius 3 is 2.63 bits per heavy atom. The van der Waals surface area contributed by atoms with E-state index in [9.17, 15) is 18.0 Å². The first kappa shape index (κ1) is 18.6. The van der Waals surface area contributed by atoms with Gasteiger partial charge in [-0.3, -0.25) is 0 Å². The highest BCUT2D eigenvalue weighted by atomic mass is 35.5. The lowest BCUT2D eigenvalue weighted by Gasteiger charge is -2.14. The number of ether oxygens (including phenoxy) is 1. The molecule has 11 heteroatoms. The van der Waals surface area contributed by atoms with Crippen molar-refractivity contribution in [2.75, 3.05) is 0 Å². The highest BCUT2D eigenvalue weighted by Crippen LogP contribution is 2.35. The third kappa shape index (κ3) is 4.17. The summed E-state index contributed by atoms with van der Waals surface area (Å²) in [4.78, 5) is 18.5. The van der Waals surface area contributed by atoms with Crippen LogP contribution in [0.3, 0.4) is 0 Å². The second-order valence-corrected chi connectivity index (χ2v) is 5.69. The minimum absolute atomic E-state index is 0.0522. The summed E-state index contributed by atoms with van der Waals surface area (Å²) in [6.07, 6.45) is -2.04.